The van der Waals surface area contributed by atoms with Crippen molar-refractivity contribution in [2.24, 2.45) is 0 Å². The van der Waals surface area contributed by atoms with Crippen molar-refractivity contribution in [3.05, 3.63) is 0 Å². The molecule has 2 heteroatoms. The van der Waals surface area contributed by atoms with Gasteiger partial charge in [0.15, 0.2) is 0 Å². The molecule has 0 aliphatic heterocycles. The lowest BCUT2D eigenvalue weighted by atomic mass is 10.4. The van der Waals surface area contributed by atoms with Crippen LogP contribution in [-0.2, 0) is 0 Å². The van der Waals surface area contributed by atoms with Crippen LogP contribution in [0.3, 0.4) is 0 Å². The first-order chi connectivity index (χ1) is 1.91. The predicted octanol–water partition coefficient (Wildman–Crippen LogP) is 1.59. The minimum atomic E-state index is 0. The van der Waals surface area contributed by atoms with E-state index in [9.17, 15) is 0 Å². The molecule has 0 amide bonds. The Morgan fingerprint density at radius 2 is 1.17 bits per heavy atom. The van der Waals surface area contributed by atoms with Crippen LogP contribution in [0.15, 0.2) is 0 Å². The normalized spacial score (nSPS) is 5.00. The summed E-state index contributed by atoms with van der Waals surface area (Å²) in [6.45, 7) is 4.36. The Bertz CT molecular complexity index is 9.51. The number of hydrogen-bond acceptors (Lipinski definition) is 1. The van der Waals surface area contributed by atoms with Crippen LogP contribution in [0.2, 0.25) is 0 Å². The monoisotopic (exact) mass is 86.1 g/mol. The lowest BCUT2D eigenvalue weighted by Crippen LogP contribution is -1.47. The van der Waals surface area contributed by atoms with Crippen molar-refractivity contribution in [2.75, 3.05) is 0 Å². The summed E-state index contributed by atoms with van der Waals surface area (Å²) >= 11 is 0. The Labute approximate surface area is 42.3 Å². The molecule has 0 spiro atoms. The molecule has 0 rings (SSSR count). The molecule has 0 saturated heterocycles. The maximum Gasteiger partial charge on any atom is 0 e. The molecular formula is C4H13BN. The van der Waals surface area contributed by atoms with E-state index in [2.05, 4.69) is 13.8 Å². The van der Waals surface area contributed by atoms with Crippen molar-refractivity contribution in [1.82, 2.24) is 6.15 Å². The van der Waals surface area contributed by atoms with Gasteiger partial charge in [0.05, 0.1) is 0 Å². The van der Waals surface area contributed by atoms with E-state index < -0.39 is 0 Å². The number of unbranched alkanes of at least 4 members (excludes halogenated alkanes) is 1. The van der Waals surface area contributed by atoms with E-state index in [1.807, 2.05) is 0 Å². The Morgan fingerprint density at radius 3 is 1.17 bits per heavy atom. The first-order valence-electron chi connectivity index (χ1n) is 1.91. The molecule has 0 heterocycles. The smallest absolute Gasteiger partial charge is 0 e. The van der Waals surface area contributed by atoms with Crippen molar-refractivity contribution in [1.29, 1.82) is 0 Å². The summed E-state index contributed by atoms with van der Waals surface area (Å²) in [5.41, 5.74) is 0. The fourth-order valence-corrected chi connectivity index (χ4v) is 0. The Hall–Kier alpha value is 0.0249. The van der Waals surface area contributed by atoms with Crippen LogP contribution in [0.4, 0.5) is 0 Å². The molecule has 0 unspecified atom stereocenters. The maximum atomic E-state index is 2.18. The van der Waals surface area contributed by atoms with Gasteiger partial charge in [0.1, 0.15) is 0 Å². The second kappa shape index (κ2) is 19.9. The van der Waals surface area contributed by atoms with Gasteiger partial charge in [-0.3, -0.25) is 0 Å². The fourth-order valence-electron chi connectivity index (χ4n) is 0. The summed E-state index contributed by atoms with van der Waals surface area (Å²) in [4.78, 5) is 0. The van der Waals surface area contributed by atoms with Crippen LogP contribution in [0.5, 0.6) is 0 Å². The quantitative estimate of drug-likeness (QED) is 0.483. The van der Waals surface area contributed by atoms with Gasteiger partial charge >= 0.3 is 0 Å². The molecule has 0 atom stereocenters. The van der Waals surface area contributed by atoms with E-state index in [0.29, 0.717) is 0 Å². The molecule has 6 heavy (non-hydrogen) atoms. The third-order valence-corrected chi connectivity index (χ3v) is 0.500. The van der Waals surface area contributed by atoms with E-state index in [1.54, 1.807) is 0 Å². The lowest BCUT2D eigenvalue weighted by Gasteiger charge is -1.68. The summed E-state index contributed by atoms with van der Waals surface area (Å²) < 4.78 is 0. The van der Waals surface area contributed by atoms with E-state index >= 15 is 0 Å². The summed E-state index contributed by atoms with van der Waals surface area (Å²) in [5.74, 6) is 0. The summed E-state index contributed by atoms with van der Waals surface area (Å²) in [6, 6.07) is 0. The molecule has 0 aromatic heterocycles. The minimum absolute atomic E-state index is 0. The van der Waals surface area contributed by atoms with Gasteiger partial charge < -0.3 is 6.15 Å². The molecule has 1 nitrogen and oxygen atoms in total. The number of hydrogen-bond donors (Lipinski definition) is 1. The highest BCUT2D eigenvalue weighted by atomic mass is 14.0. The Kier molecular flexibility index (Phi) is 55.0. The number of rotatable bonds is 1. The van der Waals surface area contributed by atoms with Crippen LogP contribution in [-0.4, -0.2) is 8.41 Å². The van der Waals surface area contributed by atoms with Crippen molar-refractivity contribution < 1.29 is 0 Å². The fraction of sp³-hybridized carbons (Fsp3) is 1.00. The molecule has 0 aliphatic rings. The lowest BCUT2D eigenvalue weighted by molar-refractivity contribution is 0.886. The van der Waals surface area contributed by atoms with Crippen molar-refractivity contribution >= 4 is 8.41 Å². The standard InChI is InChI=1S/C4H10.B.H3N/c1-3-4-2;;/h3-4H2,1-2H3;;1H3. The first-order valence-corrected chi connectivity index (χ1v) is 1.91. The van der Waals surface area contributed by atoms with Crippen LogP contribution >= 0.6 is 0 Å². The molecular weight excluding hydrogens is 72.9 g/mol. The predicted molar refractivity (Wildman–Crippen MR) is 31.4 cm³/mol. The van der Waals surface area contributed by atoms with Gasteiger partial charge in [0.25, 0.3) is 0 Å². The molecule has 0 aliphatic carbocycles. The van der Waals surface area contributed by atoms with E-state index in [4.69, 9.17) is 0 Å². The highest BCUT2D eigenvalue weighted by Gasteiger charge is 1.56. The van der Waals surface area contributed by atoms with Crippen molar-refractivity contribution in [2.45, 2.75) is 26.7 Å². The van der Waals surface area contributed by atoms with Gasteiger partial charge in [0, 0.05) is 8.41 Å². The van der Waals surface area contributed by atoms with Gasteiger partial charge in [-0.1, -0.05) is 26.7 Å². The Morgan fingerprint density at radius 1 is 1.00 bits per heavy atom. The summed E-state index contributed by atoms with van der Waals surface area (Å²) in [5, 5.41) is 0. The molecule has 0 aromatic carbocycles. The zero-order chi connectivity index (χ0) is 3.41. The highest BCUT2D eigenvalue weighted by molar-refractivity contribution is 5.75. The molecule has 0 aromatic rings. The first kappa shape index (κ1) is 16.6. The minimum Gasteiger partial charge on any atom is -0.344 e. The second-order valence-electron chi connectivity index (χ2n) is 1.000. The third kappa shape index (κ3) is 35.1. The third-order valence-electron chi connectivity index (χ3n) is 0.500. The molecule has 3 radical (unpaired) electrons. The zero-order valence-electron chi connectivity index (χ0n) is 4.70. The van der Waals surface area contributed by atoms with Crippen LogP contribution in [0.25, 0.3) is 0 Å². The SMILES string of the molecule is CCCC.N.[B]. The molecule has 0 saturated carbocycles. The zero-order valence-corrected chi connectivity index (χ0v) is 4.70. The van der Waals surface area contributed by atoms with Gasteiger partial charge in [0.2, 0.25) is 0 Å². The van der Waals surface area contributed by atoms with E-state index in [1.165, 1.54) is 12.8 Å². The second-order valence-corrected chi connectivity index (χ2v) is 1.000. The molecule has 37 valence electrons. The van der Waals surface area contributed by atoms with Gasteiger partial charge in [-0.15, -0.1) is 0 Å². The molecule has 0 fully saturated rings. The topological polar surface area (TPSA) is 35.0 Å². The van der Waals surface area contributed by atoms with Crippen LogP contribution in [0, 0.1) is 0 Å². The highest BCUT2D eigenvalue weighted by Crippen LogP contribution is 1.76. The average molecular weight is 86.0 g/mol. The molecule has 3 N–H and O–H groups in total. The van der Waals surface area contributed by atoms with Crippen molar-refractivity contribution in [3.8, 4) is 0 Å². The van der Waals surface area contributed by atoms with E-state index in [-0.39, 0.29) is 14.6 Å². The van der Waals surface area contributed by atoms with Crippen LogP contribution in [0.1, 0.15) is 26.7 Å². The van der Waals surface area contributed by atoms with E-state index in [0.717, 1.165) is 0 Å². The summed E-state index contributed by atoms with van der Waals surface area (Å²) in [7, 11) is 0. The van der Waals surface area contributed by atoms with Gasteiger partial charge in [-0.2, -0.15) is 0 Å². The van der Waals surface area contributed by atoms with Gasteiger partial charge in [-0.25, -0.2) is 0 Å². The Balaban J connectivity index is -0.0000000450. The largest absolute Gasteiger partial charge is 0.344 e. The van der Waals surface area contributed by atoms with Gasteiger partial charge in [-0.05, 0) is 0 Å². The summed E-state index contributed by atoms with van der Waals surface area (Å²) in [6.07, 6.45) is 2.64. The molecule has 0 bridgehead atoms. The maximum absolute atomic E-state index is 2.18. The van der Waals surface area contributed by atoms with Crippen molar-refractivity contribution in [3.63, 3.8) is 0 Å². The average Bonchev–Trinajstić information content (AvgIpc) is 1.37. The van der Waals surface area contributed by atoms with Crippen LogP contribution < -0.4 is 6.15 Å².